The summed E-state index contributed by atoms with van der Waals surface area (Å²) < 4.78 is 1.38. The number of fused-ring (bicyclic) bond motifs is 1. The summed E-state index contributed by atoms with van der Waals surface area (Å²) in [6.07, 6.45) is 1.22. The van der Waals surface area contributed by atoms with Crippen LogP contribution in [0.25, 0.3) is 10.9 Å². The van der Waals surface area contributed by atoms with Crippen molar-refractivity contribution in [1.82, 2.24) is 14.9 Å². The topological polar surface area (TPSA) is 81.1 Å². The number of carbonyl (C=O) groups excluding carboxylic acids is 2. The highest BCUT2D eigenvalue weighted by Gasteiger charge is 2.23. The number of benzene rings is 1. The third-order valence-electron chi connectivity index (χ3n) is 3.73. The molecule has 2 rings (SSSR count). The number of aromatic nitrogens is 2. The first-order chi connectivity index (χ1) is 10.5. The fourth-order valence-electron chi connectivity index (χ4n) is 2.61. The zero-order valence-corrected chi connectivity index (χ0v) is 12.9. The Balaban J connectivity index is 2.69. The normalized spacial score (nSPS) is 12.1. The predicted molar refractivity (Wildman–Crippen MR) is 83.9 cm³/mol. The zero-order valence-electron chi connectivity index (χ0n) is 12.9. The van der Waals surface area contributed by atoms with E-state index in [4.69, 9.17) is 0 Å². The van der Waals surface area contributed by atoms with E-state index < -0.39 is 6.04 Å². The molecule has 2 aromatic rings. The van der Waals surface area contributed by atoms with Crippen LogP contribution in [0, 0.1) is 13.8 Å². The predicted octanol–water partition coefficient (Wildman–Crippen LogP) is 1.28. The second-order valence-corrected chi connectivity index (χ2v) is 5.18. The van der Waals surface area contributed by atoms with Gasteiger partial charge in [-0.25, -0.2) is 4.98 Å². The van der Waals surface area contributed by atoms with Crippen molar-refractivity contribution in [3.8, 4) is 0 Å². The van der Waals surface area contributed by atoms with Crippen LogP contribution in [-0.2, 0) is 9.59 Å². The van der Waals surface area contributed by atoms with E-state index in [9.17, 15) is 14.4 Å². The quantitative estimate of drug-likeness (QED) is 0.844. The van der Waals surface area contributed by atoms with E-state index in [-0.39, 0.29) is 24.3 Å². The van der Waals surface area contributed by atoms with Crippen molar-refractivity contribution < 1.29 is 9.59 Å². The first-order valence-corrected chi connectivity index (χ1v) is 7.15. The fraction of sp³-hybridized carbons (Fsp3) is 0.375. The lowest BCUT2D eigenvalue weighted by atomic mass is 10.1. The standard InChI is InChI=1S/C16H19N3O3/c1-10-6-4-7-12-14(10)18-11(2)19(16(12)22)13(8-5-9-20)15(21)17-3/h4,6-7,9,13H,5,8H2,1-3H3,(H,17,21). The van der Waals surface area contributed by atoms with Crippen LogP contribution < -0.4 is 10.9 Å². The molecule has 1 amide bonds. The van der Waals surface area contributed by atoms with Crippen LogP contribution in [0.4, 0.5) is 0 Å². The third kappa shape index (κ3) is 2.77. The second kappa shape index (κ2) is 6.51. The third-order valence-corrected chi connectivity index (χ3v) is 3.73. The Bertz CT molecular complexity index is 780. The van der Waals surface area contributed by atoms with Crippen LogP contribution in [0.15, 0.2) is 23.0 Å². The number of hydrogen-bond acceptors (Lipinski definition) is 4. The molecule has 0 fully saturated rings. The van der Waals surface area contributed by atoms with Crippen LogP contribution >= 0.6 is 0 Å². The molecule has 0 aliphatic rings. The first-order valence-electron chi connectivity index (χ1n) is 7.15. The molecule has 0 spiro atoms. The van der Waals surface area contributed by atoms with Crippen molar-refractivity contribution in [2.24, 2.45) is 0 Å². The van der Waals surface area contributed by atoms with Crippen LogP contribution in [0.3, 0.4) is 0 Å². The highest BCUT2D eigenvalue weighted by molar-refractivity contribution is 5.83. The second-order valence-electron chi connectivity index (χ2n) is 5.18. The van der Waals surface area contributed by atoms with Crippen LogP contribution in [-0.4, -0.2) is 28.8 Å². The van der Waals surface area contributed by atoms with Gasteiger partial charge in [0, 0.05) is 13.5 Å². The van der Waals surface area contributed by atoms with Crippen molar-refractivity contribution in [1.29, 1.82) is 0 Å². The molecule has 22 heavy (non-hydrogen) atoms. The molecule has 1 aromatic carbocycles. The lowest BCUT2D eigenvalue weighted by Gasteiger charge is -2.20. The van der Waals surface area contributed by atoms with Gasteiger partial charge < -0.3 is 10.1 Å². The van der Waals surface area contributed by atoms with Crippen LogP contribution in [0.1, 0.15) is 30.3 Å². The van der Waals surface area contributed by atoms with Crippen molar-refractivity contribution in [3.05, 3.63) is 39.9 Å². The summed E-state index contributed by atoms with van der Waals surface area (Å²) in [5.41, 5.74) is 1.30. The van der Waals surface area contributed by atoms with Gasteiger partial charge >= 0.3 is 0 Å². The molecule has 1 heterocycles. The Morgan fingerprint density at radius 2 is 2.14 bits per heavy atom. The van der Waals surface area contributed by atoms with Gasteiger partial charge in [-0.1, -0.05) is 12.1 Å². The molecule has 0 aliphatic heterocycles. The lowest BCUT2D eigenvalue weighted by molar-refractivity contribution is -0.124. The SMILES string of the molecule is CNC(=O)C(CCC=O)n1c(C)nc2c(C)cccc2c1=O. The molecule has 0 radical (unpaired) electrons. The van der Waals surface area contributed by atoms with E-state index >= 15 is 0 Å². The zero-order chi connectivity index (χ0) is 16.3. The van der Waals surface area contributed by atoms with Gasteiger partial charge in [0.05, 0.1) is 10.9 Å². The van der Waals surface area contributed by atoms with Crippen molar-refractivity contribution in [3.63, 3.8) is 0 Å². The van der Waals surface area contributed by atoms with Gasteiger partial charge in [0.2, 0.25) is 5.91 Å². The monoisotopic (exact) mass is 301 g/mol. The van der Waals surface area contributed by atoms with E-state index in [1.165, 1.54) is 11.6 Å². The molecular formula is C16H19N3O3. The van der Waals surface area contributed by atoms with E-state index in [0.717, 1.165) is 11.8 Å². The summed E-state index contributed by atoms with van der Waals surface area (Å²) in [5.74, 6) is 0.159. The van der Waals surface area contributed by atoms with Crippen molar-refractivity contribution in [2.75, 3.05) is 7.05 Å². The van der Waals surface area contributed by atoms with Gasteiger partial charge in [-0.3, -0.25) is 14.2 Å². The molecular weight excluding hydrogens is 282 g/mol. The van der Waals surface area contributed by atoms with E-state index in [0.29, 0.717) is 16.7 Å². The average Bonchev–Trinajstić information content (AvgIpc) is 2.51. The molecule has 6 heteroatoms. The van der Waals surface area contributed by atoms with Crippen molar-refractivity contribution in [2.45, 2.75) is 32.7 Å². The maximum atomic E-state index is 12.8. The summed E-state index contributed by atoms with van der Waals surface area (Å²) in [7, 11) is 1.51. The summed E-state index contributed by atoms with van der Waals surface area (Å²) in [6, 6.07) is 4.65. The molecule has 0 saturated heterocycles. The molecule has 1 aromatic heterocycles. The number of aryl methyl sites for hydroxylation is 2. The van der Waals surface area contributed by atoms with E-state index in [2.05, 4.69) is 10.3 Å². The minimum Gasteiger partial charge on any atom is -0.357 e. The minimum atomic E-state index is -0.736. The molecule has 0 aliphatic carbocycles. The maximum absolute atomic E-state index is 12.8. The number of likely N-dealkylation sites (N-methyl/N-ethyl adjacent to an activating group) is 1. The number of para-hydroxylation sites is 1. The molecule has 1 atom stereocenters. The molecule has 1 unspecified atom stereocenters. The van der Waals surface area contributed by atoms with E-state index in [1.807, 2.05) is 13.0 Å². The van der Waals surface area contributed by atoms with Gasteiger partial charge in [-0.2, -0.15) is 0 Å². The average molecular weight is 301 g/mol. The Morgan fingerprint density at radius 1 is 1.41 bits per heavy atom. The number of nitrogens with zero attached hydrogens (tertiary/aromatic N) is 2. The van der Waals surface area contributed by atoms with Gasteiger partial charge in [0.1, 0.15) is 18.2 Å². The summed E-state index contributed by atoms with van der Waals surface area (Å²) >= 11 is 0. The number of amides is 1. The van der Waals surface area contributed by atoms with Crippen LogP contribution in [0.2, 0.25) is 0 Å². The molecule has 1 N–H and O–H groups in total. The van der Waals surface area contributed by atoms with Crippen molar-refractivity contribution >= 4 is 23.1 Å². The van der Waals surface area contributed by atoms with E-state index in [1.54, 1.807) is 19.1 Å². The molecule has 0 saturated carbocycles. The minimum absolute atomic E-state index is 0.204. The number of rotatable bonds is 5. The molecule has 116 valence electrons. The first kappa shape index (κ1) is 15.9. The summed E-state index contributed by atoms with van der Waals surface area (Å²) in [4.78, 5) is 40.0. The van der Waals surface area contributed by atoms with Crippen LogP contribution in [0.5, 0.6) is 0 Å². The number of nitrogens with one attached hydrogen (secondary N) is 1. The summed E-state index contributed by atoms with van der Waals surface area (Å²) in [5, 5.41) is 3.02. The maximum Gasteiger partial charge on any atom is 0.262 e. The van der Waals surface area contributed by atoms with Gasteiger partial charge in [-0.05, 0) is 31.9 Å². The van der Waals surface area contributed by atoms with Gasteiger partial charge in [0.15, 0.2) is 0 Å². The largest absolute Gasteiger partial charge is 0.357 e. The highest BCUT2D eigenvalue weighted by atomic mass is 16.2. The number of aldehydes is 1. The fourth-order valence-corrected chi connectivity index (χ4v) is 2.61. The molecule has 6 nitrogen and oxygen atoms in total. The summed E-state index contributed by atoms with van der Waals surface area (Å²) in [6.45, 7) is 3.59. The Kier molecular flexibility index (Phi) is 4.70. The number of carbonyl (C=O) groups is 2. The molecule has 0 bridgehead atoms. The highest BCUT2D eigenvalue weighted by Crippen LogP contribution is 2.18. The van der Waals surface area contributed by atoms with Gasteiger partial charge in [0.25, 0.3) is 5.56 Å². The van der Waals surface area contributed by atoms with Gasteiger partial charge in [-0.15, -0.1) is 0 Å². The Hall–Kier alpha value is -2.50. The Labute approximate surface area is 128 Å². The Morgan fingerprint density at radius 3 is 2.77 bits per heavy atom. The lowest BCUT2D eigenvalue weighted by Crippen LogP contribution is -2.37. The number of hydrogen-bond donors (Lipinski definition) is 1. The smallest absolute Gasteiger partial charge is 0.262 e.